The molecule has 1 N–H and O–H groups in total. The summed E-state index contributed by atoms with van der Waals surface area (Å²) in [7, 11) is 0. The fraction of sp³-hybridized carbons (Fsp3) is 0.0909. The first kappa shape index (κ1) is 13.2. The fourth-order valence-corrected chi connectivity index (χ4v) is 3.23. The maximum absolute atomic E-state index is 10.6. The second-order valence-corrected chi connectivity index (χ2v) is 5.78. The molecule has 0 unspecified atom stereocenters. The zero-order chi connectivity index (χ0) is 14.1. The van der Waals surface area contributed by atoms with E-state index in [-0.39, 0.29) is 5.00 Å². The van der Waals surface area contributed by atoms with Gasteiger partial charge < -0.3 is 5.32 Å². The molecule has 0 fully saturated rings. The number of rotatable bonds is 4. The number of nitrogens with one attached hydrogen (secondary N) is 1. The zero-order valence-electron chi connectivity index (χ0n) is 9.87. The highest BCUT2D eigenvalue weighted by molar-refractivity contribution is 7.13. The summed E-state index contributed by atoms with van der Waals surface area (Å²) < 4.78 is 8.35. The largest absolute Gasteiger partial charge is 0.378 e. The molecule has 1 aromatic carbocycles. The van der Waals surface area contributed by atoms with Crippen molar-refractivity contribution in [3.8, 4) is 0 Å². The summed E-state index contributed by atoms with van der Waals surface area (Å²) in [6, 6.07) is 5.11. The van der Waals surface area contributed by atoms with Gasteiger partial charge in [-0.05, 0) is 17.7 Å². The Bertz CT molecular complexity index is 786. The summed E-state index contributed by atoms with van der Waals surface area (Å²) in [6.07, 6.45) is 0. The maximum atomic E-state index is 10.6. The van der Waals surface area contributed by atoms with Crippen molar-refractivity contribution < 1.29 is 4.92 Å². The van der Waals surface area contributed by atoms with E-state index in [0.717, 1.165) is 34.1 Å². The molecule has 9 heteroatoms. The van der Waals surface area contributed by atoms with Gasteiger partial charge in [0.25, 0.3) is 0 Å². The minimum Gasteiger partial charge on any atom is -0.378 e. The number of nitro groups is 1. The van der Waals surface area contributed by atoms with Crippen LogP contribution in [0.3, 0.4) is 0 Å². The van der Waals surface area contributed by atoms with Gasteiger partial charge in [-0.2, -0.15) is 8.75 Å². The zero-order valence-corrected chi connectivity index (χ0v) is 12.3. The number of fused-ring (bicyclic) bond motifs is 1. The van der Waals surface area contributed by atoms with Crippen molar-refractivity contribution in [2.45, 2.75) is 6.54 Å². The molecule has 3 aromatic rings. The molecule has 0 atom stereocenters. The number of nitrogens with zero attached hydrogens (tertiary/aromatic N) is 3. The summed E-state index contributed by atoms with van der Waals surface area (Å²) in [5.74, 6) is 0. The van der Waals surface area contributed by atoms with Crippen LogP contribution in [0.1, 0.15) is 5.56 Å². The van der Waals surface area contributed by atoms with Crippen LogP contribution in [0.5, 0.6) is 0 Å². The van der Waals surface area contributed by atoms with Crippen LogP contribution in [-0.4, -0.2) is 13.7 Å². The molecule has 2 heterocycles. The lowest BCUT2D eigenvalue weighted by Crippen LogP contribution is -1.99. The van der Waals surface area contributed by atoms with E-state index in [1.54, 1.807) is 17.5 Å². The van der Waals surface area contributed by atoms with Crippen LogP contribution in [0, 0.1) is 10.1 Å². The second kappa shape index (κ2) is 5.31. The van der Waals surface area contributed by atoms with Gasteiger partial charge in [-0.3, -0.25) is 10.1 Å². The lowest BCUT2D eigenvalue weighted by atomic mass is 10.2. The van der Waals surface area contributed by atoms with Crippen molar-refractivity contribution in [1.29, 1.82) is 0 Å². The molecular formula is C11H7ClN4O2S2. The molecule has 6 nitrogen and oxygen atoms in total. The summed E-state index contributed by atoms with van der Waals surface area (Å²) in [4.78, 5) is 10.2. The Morgan fingerprint density at radius 1 is 1.40 bits per heavy atom. The SMILES string of the molecule is O=[N+]([O-])c1cc(CNc2c(Cl)ccc3nsnc23)cs1. The molecule has 3 rings (SSSR count). The molecule has 0 aliphatic rings. The standard InChI is InChI=1S/C11H7ClN4O2S2/c12-7-1-2-8-11(15-20-14-8)10(7)13-4-6-3-9(16(17)18)19-5-6/h1-3,5,13H,4H2. The van der Waals surface area contributed by atoms with Crippen LogP contribution in [0.15, 0.2) is 23.6 Å². The lowest BCUT2D eigenvalue weighted by Gasteiger charge is -2.07. The molecule has 0 amide bonds. The number of thiophene rings is 1. The van der Waals surface area contributed by atoms with Crippen molar-refractivity contribution in [1.82, 2.24) is 8.75 Å². The van der Waals surface area contributed by atoms with Crippen molar-refractivity contribution in [3.05, 3.63) is 44.3 Å². The average molecular weight is 327 g/mol. The third kappa shape index (κ3) is 2.45. The number of aromatic nitrogens is 2. The fourth-order valence-electron chi connectivity index (χ4n) is 1.74. The number of hydrogen-bond acceptors (Lipinski definition) is 7. The number of hydrogen-bond donors (Lipinski definition) is 1. The Balaban J connectivity index is 1.84. The monoisotopic (exact) mass is 326 g/mol. The van der Waals surface area contributed by atoms with Gasteiger partial charge >= 0.3 is 5.00 Å². The van der Waals surface area contributed by atoms with Gasteiger partial charge in [0.05, 0.1) is 27.4 Å². The maximum Gasteiger partial charge on any atom is 0.324 e. The van der Waals surface area contributed by atoms with E-state index >= 15 is 0 Å². The summed E-state index contributed by atoms with van der Waals surface area (Å²) >= 11 is 8.37. The second-order valence-electron chi connectivity index (χ2n) is 3.96. The topological polar surface area (TPSA) is 81.0 Å². The first-order valence-electron chi connectivity index (χ1n) is 5.51. The first-order chi connectivity index (χ1) is 9.65. The molecule has 0 aliphatic carbocycles. The van der Waals surface area contributed by atoms with Crippen LogP contribution in [0.2, 0.25) is 5.02 Å². The van der Waals surface area contributed by atoms with Gasteiger partial charge in [-0.1, -0.05) is 22.9 Å². The quantitative estimate of drug-likeness (QED) is 0.580. The highest BCUT2D eigenvalue weighted by atomic mass is 35.5. The molecule has 0 aliphatic heterocycles. The Morgan fingerprint density at radius 3 is 3.00 bits per heavy atom. The van der Waals surface area contributed by atoms with Crippen LogP contribution >= 0.6 is 34.7 Å². The van der Waals surface area contributed by atoms with E-state index in [0.29, 0.717) is 22.8 Å². The van der Waals surface area contributed by atoms with Crippen molar-refractivity contribution >= 4 is 56.4 Å². The molecule has 102 valence electrons. The predicted molar refractivity (Wildman–Crippen MR) is 80.7 cm³/mol. The molecule has 2 aromatic heterocycles. The third-order valence-electron chi connectivity index (χ3n) is 2.67. The van der Waals surface area contributed by atoms with Crippen molar-refractivity contribution in [2.75, 3.05) is 5.32 Å². The van der Waals surface area contributed by atoms with Crippen molar-refractivity contribution in [2.24, 2.45) is 0 Å². The van der Waals surface area contributed by atoms with Crippen molar-refractivity contribution in [3.63, 3.8) is 0 Å². The molecule has 20 heavy (non-hydrogen) atoms. The predicted octanol–water partition coefficient (Wildman–Crippen LogP) is 3.93. The van der Waals surface area contributed by atoms with E-state index in [2.05, 4.69) is 14.1 Å². The van der Waals surface area contributed by atoms with Gasteiger partial charge in [0.15, 0.2) is 0 Å². The van der Waals surface area contributed by atoms with Gasteiger partial charge in [0, 0.05) is 18.0 Å². The van der Waals surface area contributed by atoms with Gasteiger partial charge in [0.1, 0.15) is 11.0 Å². The van der Waals surface area contributed by atoms with E-state index < -0.39 is 4.92 Å². The first-order valence-corrected chi connectivity index (χ1v) is 7.50. The van der Waals surface area contributed by atoms with Crippen LogP contribution in [-0.2, 0) is 6.54 Å². The van der Waals surface area contributed by atoms with Gasteiger partial charge in [-0.25, -0.2) is 0 Å². The van der Waals surface area contributed by atoms with Crippen LogP contribution < -0.4 is 5.32 Å². The highest BCUT2D eigenvalue weighted by Gasteiger charge is 2.12. The Hall–Kier alpha value is -1.77. The highest BCUT2D eigenvalue weighted by Crippen LogP contribution is 2.31. The number of halogens is 1. The Labute approximate surface area is 126 Å². The molecule has 0 saturated carbocycles. The Kier molecular flexibility index (Phi) is 3.51. The van der Waals surface area contributed by atoms with E-state index in [1.807, 2.05) is 6.07 Å². The van der Waals surface area contributed by atoms with Crippen LogP contribution in [0.4, 0.5) is 10.7 Å². The molecular weight excluding hydrogens is 320 g/mol. The van der Waals surface area contributed by atoms with E-state index in [4.69, 9.17) is 11.6 Å². The normalized spacial score (nSPS) is 10.8. The minimum atomic E-state index is -0.397. The molecule has 0 saturated heterocycles. The summed E-state index contributed by atoms with van der Waals surface area (Å²) in [6.45, 7) is 0.445. The average Bonchev–Trinajstić information content (AvgIpc) is 3.05. The smallest absolute Gasteiger partial charge is 0.324 e. The minimum absolute atomic E-state index is 0.126. The van der Waals surface area contributed by atoms with E-state index in [1.165, 1.54) is 0 Å². The molecule has 0 radical (unpaired) electrons. The summed E-state index contributed by atoms with van der Waals surface area (Å²) in [5, 5.41) is 16.2. The summed E-state index contributed by atoms with van der Waals surface area (Å²) in [5.41, 5.74) is 3.02. The number of anilines is 1. The third-order valence-corrected chi connectivity index (χ3v) is 4.45. The lowest BCUT2D eigenvalue weighted by molar-refractivity contribution is -0.380. The number of benzene rings is 1. The van der Waals surface area contributed by atoms with Gasteiger partial charge in [0.2, 0.25) is 0 Å². The molecule has 0 bridgehead atoms. The Morgan fingerprint density at radius 2 is 2.25 bits per heavy atom. The molecule has 0 spiro atoms. The van der Waals surface area contributed by atoms with E-state index in [9.17, 15) is 10.1 Å². The van der Waals surface area contributed by atoms with Crippen LogP contribution in [0.25, 0.3) is 11.0 Å². The van der Waals surface area contributed by atoms with Gasteiger partial charge in [-0.15, -0.1) is 0 Å².